The molecule has 5 heteroatoms. The number of hydrogen-bond donors (Lipinski definition) is 2. The highest BCUT2D eigenvalue weighted by molar-refractivity contribution is 5.97. The number of amides is 1. The Hall–Kier alpha value is -1.75. The Bertz CT molecular complexity index is 496. The standard InChI is InChI=1S/C15H22N2O3/c1-10-7-15(8-10,9-16)14(18)17-12-6-11(19-2)4-5-13(12)20-3/h4-6,10H,7-9,16H2,1-3H3,(H,17,18). The molecule has 1 aromatic rings. The zero-order chi connectivity index (χ0) is 14.8. The van der Waals surface area contributed by atoms with Crippen LogP contribution < -0.4 is 20.5 Å². The summed E-state index contributed by atoms with van der Waals surface area (Å²) in [6.45, 7) is 2.50. The second-order valence-electron chi connectivity index (χ2n) is 5.52. The summed E-state index contributed by atoms with van der Waals surface area (Å²) in [5.74, 6) is 1.80. The first-order valence-corrected chi connectivity index (χ1v) is 6.78. The Morgan fingerprint density at radius 3 is 2.60 bits per heavy atom. The molecule has 110 valence electrons. The molecule has 0 spiro atoms. The second-order valence-corrected chi connectivity index (χ2v) is 5.52. The number of benzene rings is 1. The number of rotatable bonds is 5. The van der Waals surface area contributed by atoms with E-state index in [0.717, 1.165) is 12.8 Å². The van der Waals surface area contributed by atoms with Gasteiger partial charge in [-0.1, -0.05) is 6.92 Å². The van der Waals surface area contributed by atoms with E-state index < -0.39 is 5.41 Å². The highest BCUT2D eigenvalue weighted by Gasteiger charge is 2.47. The first-order chi connectivity index (χ1) is 9.54. The molecule has 2 rings (SSSR count). The summed E-state index contributed by atoms with van der Waals surface area (Å²) in [4.78, 5) is 12.5. The Morgan fingerprint density at radius 2 is 2.10 bits per heavy atom. The SMILES string of the molecule is COc1ccc(OC)c(NC(=O)C2(CN)CC(C)C2)c1. The molecule has 0 unspecified atom stereocenters. The molecule has 1 saturated carbocycles. The van der Waals surface area contributed by atoms with Gasteiger partial charge in [0.25, 0.3) is 0 Å². The van der Waals surface area contributed by atoms with Crippen LogP contribution in [-0.4, -0.2) is 26.7 Å². The van der Waals surface area contributed by atoms with Crippen molar-refractivity contribution in [3.05, 3.63) is 18.2 Å². The maximum Gasteiger partial charge on any atom is 0.231 e. The Morgan fingerprint density at radius 1 is 1.40 bits per heavy atom. The molecular weight excluding hydrogens is 256 g/mol. The van der Waals surface area contributed by atoms with Crippen molar-refractivity contribution in [1.82, 2.24) is 0 Å². The van der Waals surface area contributed by atoms with Crippen LogP contribution in [0, 0.1) is 11.3 Å². The summed E-state index contributed by atoms with van der Waals surface area (Å²) >= 11 is 0. The average Bonchev–Trinajstić information content (AvgIpc) is 2.43. The van der Waals surface area contributed by atoms with Gasteiger partial charge in [-0.05, 0) is 30.9 Å². The minimum atomic E-state index is -0.437. The van der Waals surface area contributed by atoms with Crippen molar-refractivity contribution in [2.24, 2.45) is 17.1 Å². The van der Waals surface area contributed by atoms with Gasteiger partial charge in [-0.15, -0.1) is 0 Å². The summed E-state index contributed by atoms with van der Waals surface area (Å²) in [5.41, 5.74) is 5.97. The van der Waals surface area contributed by atoms with Gasteiger partial charge in [-0.25, -0.2) is 0 Å². The summed E-state index contributed by atoms with van der Waals surface area (Å²) in [5, 5.41) is 2.93. The number of methoxy groups -OCH3 is 2. The van der Waals surface area contributed by atoms with Crippen molar-refractivity contribution in [1.29, 1.82) is 0 Å². The minimum absolute atomic E-state index is 0.0374. The third-order valence-electron chi connectivity index (χ3n) is 4.01. The quantitative estimate of drug-likeness (QED) is 0.864. The number of anilines is 1. The topological polar surface area (TPSA) is 73.6 Å². The Balaban J connectivity index is 2.18. The molecule has 1 fully saturated rings. The summed E-state index contributed by atoms with van der Waals surface area (Å²) < 4.78 is 10.4. The predicted molar refractivity (Wildman–Crippen MR) is 78.1 cm³/mol. The number of hydrogen-bond acceptors (Lipinski definition) is 4. The van der Waals surface area contributed by atoms with Crippen LogP contribution in [0.4, 0.5) is 5.69 Å². The van der Waals surface area contributed by atoms with Gasteiger partial charge in [0.1, 0.15) is 11.5 Å². The molecule has 3 N–H and O–H groups in total. The summed E-state index contributed by atoms with van der Waals surface area (Å²) in [6.07, 6.45) is 1.67. The number of carbonyl (C=O) groups is 1. The molecule has 0 aliphatic heterocycles. The maximum absolute atomic E-state index is 12.5. The van der Waals surface area contributed by atoms with E-state index in [4.69, 9.17) is 15.2 Å². The van der Waals surface area contributed by atoms with E-state index >= 15 is 0 Å². The Labute approximate surface area is 119 Å². The third-order valence-corrected chi connectivity index (χ3v) is 4.01. The van der Waals surface area contributed by atoms with Crippen LogP contribution in [0.3, 0.4) is 0 Å². The molecule has 1 aromatic carbocycles. The molecule has 0 aromatic heterocycles. The molecule has 0 atom stereocenters. The fourth-order valence-electron chi connectivity index (χ4n) is 2.89. The van der Waals surface area contributed by atoms with Gasteiger partial charge in [-0.2, -0.15) is 0 Å². The van der Waals surface area contributed by atoms with E-state index in [2.05, 4.69) is 12.2 Å². The highest BCUT2D eigenvalue weighted by Crippen LogP contribution is 2.45. The molecular formula is C15H22N2O3. The lowest BCUT2D eigenvalue weighted by Gasteiger charge is -2.44. The maximum atomic E-state index is 12.5. The van der Waals surface area contributed by atoms with E-state index in [1.807, 2.05) is 0 Å². The molecule has 0 saturated heterocycles. The zero-order valence-corrected chi connectivity index (χ0v) is 12.2. The molecule has 1 amide bonds. The van der Waals surface area contributed by atoms with Gasteiger partial charge < -0.3 is 20.5 Å². The van der Waals surface area contributed by atoms with Gasteiger partial charge in [-0.3, -0.25) is 4.79 Å². The van der Waals surface area contributed by atoms with Crippen molar-refractivity contribution in [3.63, 3.8) is 0 Å². The molecule has 0 heterocycles. The summed E-state index contributed by atoms with van der Waals surface area (Å²) in [6, 6.07) is 5.31. The zero-order valence-electron chi connectivity index (χ0n) is 12.2. The van der Waals surface area contributed by atoms with Crippen molar-refractivity contribution in [3.8, 4) is 11.5 Å². The average molecular weight is 278 g/mol. The van der Waals surface area contributed by atoms with Gasteiger partial charge in [0.05, 0.1) is 25.3 Å². The van der Waals surface area contributed by atoms with Crippen LogP contribution in [0.1, 0.15) is 19.8 Å². The van der Waals surface area contributed by atoms with Crippen molar-refractivity contribution in [2.75, 3.05) is 26.1 Å². The first kappa shape index (κ1) is 14.7. The van der Waals surface area contributed by atoms with Gasteiger partial charge in [0, 0.05) is 12.6 Å². The lowest BCUT2D eigenvalue weighted by Crippen LogP contribution is -2.51. The molecule has 0 radical (unpaired) electrons. The van der Waals surface area contributed by atoms with Gasteiger partial charge in [0.15, 0.2) is 0 Å². The molecule has 1 aliphatic carbocycles. The van der Waals surface area contributed by atoms with Crippen LogP contribution in [0.15, 0.2) is 18.2 Å². The predicted octanol–water partition coefficient (Wildman–Crippen LogP) is 2.02. The van der Waals surface area contributed by atoms with Gasteiger partial charge in [0.2, 0.25) is 5.91 Å². The highest BCUT2D eigenvalue weighted by atomic mass is 16.5. The summed E-state index contributed by atoms with van der Waals surface area (Å²) in [7, 11) is 3.16. The number of ether oxygens (including phenoxy) is 2. The van der Waals surface area contributed by atoms with Crippen molar-refractivity contribution >= 4 is 11.6 Å². The van der Waals surface area contributed by atoms with Crippen LogP contribution >= 0.6 is 0 Å². The smallest absolute Gasteiger partial charge is 0.231 e. The molecule has 20 heavy (non-hydrogen) atoms. The monoisotopic (exact) mass is 278 g/mol. The lowest BCUT2D eigenvalue weighted by molar-refractivity contribution is -0.132. The van der Waals surface area contributed by atoms with Crippen LogP contribution in [-0.2, 0) is 4.79 Å². The Kier molecular flexibility index (Phi) is 4.18. The number of carbonyl (C=O) groups excluding carboxylic acids is 1. The fraction of sp³-hybridized carbons (Fsp3) is 0.533. The number of nitrogens with one attached hydrogen (secondary N) is 1. The molecule has 5 nitrogen and oxygen atoms in total. The third kappa shape index (κ3) is 2.58. The van der Waals surface area contributed by atoms with Crippen molar-refractivity contribution < 1.29 is 14.3 Å². The van der Waals surface area contributed by atoms with E-state index in [9.17, 15) is 4.79 Å². The van der Waals surface area contributed by atoms with E-state index in [1.165, 1.54) is 0 Å². The van der Waals surface area contributed by atoms with Gasteiger partial charge >= 0.3 is 0 Å². The fourth-order valence-corrected chi connectivity index (χ4v) is 2.89. The van der Waals surface area contributed by atoms with E-state index in [1.54, 1.807) is 32.4 Å². The largest absolute Gasteiger partial charge is 0.497 e. The normalized spacial score (nSPS) is 24.7. The van der Waals surface area contributed by atoms with E-state index in [-0.39, 0.29) is 5.91 Å². The van der Waals surface area contributed by atoms with Crippen LogP contribution in [0.2, 0.25) is 0 Å². The minimum Gasteiger partial charge on any atom is -0.497 e. The number of nitrogens with two attached hydrogens (primary N) is 1. The molecule has 0 bridgehead atoms. The first-order valence-electron chi connectivity index (χ1n) is 6.78. The molecule has 1 aliphatic rings. The van der Waals surface area contributed by atoms with Crippen molar-refractivity contribution in [2.45, 2.75) is 19.8 Å². The lowest BCUT2D eigenvalue weighted by atomic mass is 9.62. The van der Waals surface area contributed by atoms with Crippen LogP contribution in [0.5, 0.6) is 11.5 Å². The second kappa shape index (κ2) is 5.71. The van der Waals surface area contributed by atoms with Crippen LogP contribution in [0.25, 0.3) is 0 Å². The van der Waals surface area contributed by atoms with E-state index in [0.29, 0.717) is 29.6 Å².